The third kappa shape index (κ3) is 4.07. The van der Waals surface area contributed by atoms with Crippen molar-refractivity contribution in [3.8, 4) is 5.75 Å². The number of carboxylic acid groups (broad SMARTS) is 1. The summed E-state index contributed by atoms with van der Waals surface area (Å²) in [5.41, 5.74) is 0.765. The van der Waals surface area contributed by atoms with Crippen molar-refractivity contribution in [2.24, 2.45) is 0 Å². The highest BCUT2D eigenvalue weighted by Crippen LogP contribution is 2.28. The fraction of sp³-hybridized carbons (Fsp3) is 0.250. The minimum atomic E-state index is -1.21. The van der Waals surface area contributed by atoms with Gasteiger partial charge in [0.15, 0.2) is 11.6 Å². The first-order valence-corrected chi connectivity index (χ1v) is 8.41. The second kappa shape index (κ2) is 7.73. The van der Waals surface area contributed by atoms with E-state index in [9.17, 15) is 18.0 Å². The minimum Gasteiger partial charge on any atom is -0.486 e. The van der Waals surface area contributed by atoms with E-state index < -0.39 is 23.4 Å². The smallest absolute Gasteiger partial charge is 0.303 e. The Morgan fingerprint density at radius 1 is 1.11 bits per heavy atom. The Bertz CT molecular complexity index is 995. The number of aryl methyl sites for hydroxylation is 2. The fourth-order valence-electron chi connectivity index (χ4n) is 2.79. The SMILES string of the molecule is CCc1cc2cc(F)cc(COc3ccc(CCC(=O)O)c(F)c3F)c2o1. The molecule has 0 saturated heterocycles. The molecule has 0 amide bonds. The van der Waals surface area contributed by atoms with Crippen LogP contribution in [-0.4, -0.2) is 11.1 Å². The summed E-state index contributed by atoms with van der Waals surface area (Å²) in [7, 11) is 0. The normalized spacial score (nSPS) is 11.1. The fourth-order valence-corrected chi connectivity index (χ4v) is 2.79. The molecule has 1 N–H and O–H groups in total. The van der Waals surface area contributed by atoms with E-state index in [0.29, 0.717) is 28.7 Å². The van der Waals surface area contributed by atoms with Crippen molar-refractivity contribution in [3.05, 3.63) is 64.7 Å². The standard InChI is InChI=1S/C20H17F3O4/c1-2-15-9-12-7-14(21)8-13(20(12)27-15)10-26-16-5-3-11(4-6-17(24)25)18(22)19(16)23/h3,5,7-9H,2,4,6,10H2,1H3,(H,24,25). The number of rotatable bonds is 7. The van der Waals surface area contributed by atoms with Crippen LogP contribution in [0.1, 0.15) is 30.2 Å². The summed E-state index contributed by atoms with van der Waals surface area (Å²) < 4.78 is 53.1. The molecule has 27 heavy (non-hydrogen) atoms. The summed E-state index contributed by atoms with van der Waals surface area (Å²) in [6.45, 7) is 1.68. The molecule has 0 atom stereocenters. The number of hydrogen-bond donors (Lipinski definition) is 1. The van der Waals surface area contributed by atoms with Gasteiger partial charge in [-0.2, -0.15) is 4.39 Å². The van der Waals surface area contributed by atoms with E-state index in [-0.39, 0.29) is 30.8 Å². The Balaban J connectivity index is 1.82. The van der Waals surface area contributed by atoms with Crippen molar-refractivity contribution >= 4 is 16.9 Å². The highest BCUT2D eigenvalue weighted by molar-refractivity contribution is 5.81. The van der Waals surface area contributed by atoms with Crippen molar-refractivity contribution < 1.29 is 32.2 Å². The van der Waals surface area contributed by atoms with Crippen molar-refractivity contribution in [2.45, 2.75) is 32.8 Å². The van der Waals surface area contributed by atoms with E-state index in [1.807, 2.05) is 6.92 Å². The van der Waals surface area contributed by atoms with Gasteiger partial charge in [0, 0.05) is 23.8 Å². The van der Waals surface area contributed by atoms with Crippen molar-refractivity contribution in [2.75, 3.05) is 0 Å². The zero-order chi connectivity index (χ0) is 19.6. The van der Waals surface area contributed by atoms with Crippen LogP contribution in [0.5, 0.6) is 5.75 Å². The van der Waals surface area contributed by atoms with Crippen LogP contribution in [0.4, 0.5) is 13.2 Å². The van der Waals surface area contributed by atoms with Crippen LogP contribution in [0.2, 0.25) is 0 Å². The topological polar surface area (TPSA) is 59.7 Å². The highest BCUT2D eigenvalue weighted by atomic mass is 19.2. The molecule has 0 unspecified atom stereocenters. The molecule has 0 aliphatic rings. The second-order valence-corrected chi connectivity index (χ2v) is 6.08. The maximum atomic E-state index is 14.2. The molecule has 4 nitrogen and oxygen atoms in total. The first-order valence-electron chi connectivity index (χ1n) is 8.41. The van der Waals surface area contributed by atoms with Crippen molar-refractivity contribution in [1.82, 2.24) is 0 Å². The summed E-state index contributed by atoms with van der Waals surface area (Å²) >= 11 is 0. The van der Waals surface area contributed by atoms with Crippen LogP contribution in [0.25, 0.3) is 11.0 Å². The molecule has 1 aromatic heterocycles. The van der Waals surface area contributed by atoms with Crippen molar-refractivity contribution in [3.63, 3.8) is 0 Å². The Hall–Kier alpha value is -2.96. The average molecular weight is 378 g/mol. The Kier molecular flexibility index (Phi) is 5.39. The molecule has 0 aliphatic heterocycles. The molecule has 1 heterocycles. The van der Waals surface area contributed by atoms with Crippen LogP contribution >= 0.6 is 0 Å². The molecule has 0 saturated carbocycles. The summed E-state index contributed by atoms with van der Waals surface area (Å²) in [4.78, 5) is 10.6. The predicted octanol–water partition coefficient (Wildman–Crippen LogP) is 5.01. The summed E-state index contributed by atoms with van der Waals surface area (Å²) in [6.07, 6.45) is 0.194. The lowest BCUT2D eigenvalue weighted by Crippen LogP contribution is -2.04. The van der Waals surface area contributed by atoms with Gasteiger partial charge in [0.25, 0.3) is 0 Å². The second-order valence-electron chi connectivity index (χ2n) is 6.08. The quantitative estimate of drug-likeness (QED) is 0.628. The molecular formula is C20H17F3O4. The first kappa shape index (κ1) is 18.8. The maximum Gasteiger partial charge on any atom is 0.303 e. The molecule has 0 fully saturated rings. The number of hydrogen-bond acceptors (Lipinski definition) is 3. The third-order valence-electron chi connectivity index (χ3n) is 4.18. The molecule has 142 valence electrons. The summed E-state index contributed by atoms with van der Waals surface area (Å²) in [5, 5.41) is 9.22. The van der Waals surface area contributed by atoms with Gasteiger partial charge in [-0.3, -0.25) is 4.79 Å². The van der Waals surface area contributed by atoms with Gasteiger partial charge in [-0.05, 0) is 36.2 Å². The van der Waals surface area contributed by atoms with E-state index in [4.69, 9.17) is 14.3 Å². The van der Waals surface area contributed by atoms with Crippen LogP contribution in [0.15, 0.2) is 34.7 Å². The number of carboxylic acids is 1. The van der Waals surface area contributed by atoms with Gasteiger partial charge in [0.05, 0.1) is 0 Å². The van der Waals surface area contributed by atoms with Crippen LogP contribution < -0.4 is 4.74 Å². The molecule has 0 bridgehead atoms. The number of aliphatic carboxylic acids is 1. The number of furan rings is 1. The number of benzene rings is 2. The van der Waals surface area contributed by atoms with E-state index in [1.54, 1.807) is 6.07 Å². The molecule has 3 aromatic rings. The summed E-state index contributed by atoms with van der Waals surface area (Å²) in [5.74, 6) is -3.61. The van der Waals surface area contributed by atoms with Crippen molar-refractivity contribution in [1.29, 1.82) is 0 Å². The van der Waals surface area contributed by atoms with Crippen LogP contribution in [-0.2, 0) is 24.2 Å². The maximum absolute atomic E-state index is 14.2. The lowest BCUT2D eigenvalue weighted by molar-refractivity contribution is -0.136. The average Bonchev–Trinajstić information content (AvgIpc) is 3.04. The Labute approximate surface area is 153 Å². The molecule has 0 spiro atoms. The predicted molar refractivity (Wildman–Crippen MR) is 92.2 cm³/mol. The zero-order valence-electron chi connectivity index (χ0n) is 14.5. The van der Waals surface area contributed by atoms with Crippen LogP contribution in [0, 0.1) is 17.5 Å². The summed E-state index contributed by atoms with van der Waals surface area (Å²) in [6, 6.07) is 6.78. The van der Waals surface area contributed by atoms with Gasteiger partial charge in [-0.25, -0.2) is 8.78 Å². The lowest BCUT2D eigenvalue weighted by Gasteiger charge is -2.10. The third-order valence-corrected chi connectivity index (χ3v) is 4.18. The van der Waals surface area contributed by atoms with Gasteiger partial charge < -0.3 is 14.3 Å². The molecule has 3 rings (SSSR count). The Morgan fingerprint density at radius 3 is 2.59 bits per heavy atom. The van der Waals surface area contributed by atoms with E-state index in [1.165, 1.54) is 24.3 Å². The van der Waals surface area contributed by atoms with Gasteiger partial charge in [0.1, 0.15) is 23.8 Å². The largest absolute Gasteiger partial charge is 0.486 e. The highest BCUT2D eigenvalue weighted by Gasteiger charge is 2.17. The molecule has 0 aliphatic carbocycles. The van der Waals surface area contributed by atoms with Gasteiger partial charge in [-0.15, -0.1) is 0 Å². The monoisotopic (exact) mass is 378 g/mol. The number of ether oxygens (including phenoxy) is 1. The molecule has 7 heteroatoms. The Morgan fingerprint density at radius 2 is 1.89 bits per heavy atom. The van der Waals surface area contributed by atoms with E-state index >= 15 is 0 Å². The number of carbonyl (C=O) groups is 1. The van der Waals surface area contributed by atoms with E-state index in [2.05, 4.69) is 0 Å². The number of fused-ring (bicyclic) bond motifs is 1. The van der Waals surface area contributed by atoms with E-state index in [0.717, 1.165) is 0 Å². The lowest BCUT2D eigenvalue weighted by atomic mass is 10.1. The minimum absolute atomic E-state index is 0.0472. The molecule has 2 aromatic carbocycles. The van der Waals surface area contributed by atoms with Gasteiger partial charge >= 0.3 is 5.97 Å². The van der Waals surface area contributed by atoms with Gasteiger partial charge in [0.2, 0.25) is 5.82 Å². The first-order chi connectivity index (χ1) is 12.9. The van der Waals surface area contributed by atoms with Gasteiger partial charge in [-0.1, -0.05) is 13.0 Å². The zero-order valence-corrected chi connectivity index (χ0v) is 14.5. The number of halogens is 3. The molecular weight excluding hydrogens is 361 g/mol. The molecule has 0 radical (unpaired) electrons. The van der Waals surface area contributed by atoms with Crippen LogP contribution in [0.3, 0.4) is 0 Å².